The topological polar surface area (TPSA) is 85.6 Å². The third kappa shape index (κ3) is 4.79. The van der Waals surface area contributed by atoms with E-state index in [-0.39, 0.29) is 18.1 Å². The molecule has 6 nitrogen and oxygen atoms in total. The van der Waals surface area contributed by atoms with Gasteiger partial charge in [-0.15, -0.1) is 0 Å². The average molecular weight is 394 g/mol. The van der Waals surface area contributed by atoms with Gasteiger partial charge in [0.05, 0.1) is 0 Å². The number of carbonyl (C=O) groups excluding carboxylic acids is 3. The van der Waals surface area contributed by atoms with Crippen LogP contribution in [0.3, 0.4) is 0 Å². The summed E-state index contributed by atoms with van der Waals surface area (Å²) in [5, 5.41) is 2.36. The molecule has 1 aromatic heterocycles. The number of hydrogen-bond donors (Lipinski definition) is 1. The third-order valence-electron chi connectivity index (χ3n) is 3.20. The van der Waals surface area contributed by atoms with Crippen molar-refractivity contribution in [1.82, 2.24) is 5.32 Å². The molecule has 0 bridgehead atoms. The van der Waals surface area contributed by atoms with Gasteiger partial charge in [0, 0.05) is 5.56 Å². The molecule has 2 rings (SSSR count). The fraction of sp³-hybridized carbons (Fsp3) is 0.235. The Balaban J connectivity index is 1.84. The number of carbonyl (C=O) groups is 3. The molecule has 7 heteroatoms. The Kier molecular flexibility index (Phi) is 5.92. The van der Waals surface area contributed by atoms with E-state index in [1.807, 2.05) is 19.1 Å². The summed E-state index contributed by atoms with van der Waals surface area (Å²) in [5.74, 6) is -1.49. The molecule has 0 aliphatic heterocycles. The van der Waals surface area contributed by atoms with Crippen LogP contribution in [0.5, 0.6) is 0 Å². The molecule has 2 aromatic rings. The Labute approximate surface area is 147 Å². The molecule has 1 aromatic carbocycles. The van der Waals surface area contributed by atoms with Gasteiger partial charge in [0.2, 0.25) is 5.78 Å². The van der Waals surface area contributed by atoms with Crippen LogP contribution in [0.1, 0.15) is 33.4 Å². The number of benzene rings is 1. The average Bonchev–Trinajstić information content (AvgIpc) is 2.99. The number of furan rings is 1. The van der Waals surface area contributed by atoms with Gasteiger partial charge in [0.1, 0.15) is 6.54 Å². The lowest BCUT2D eigenvalue weighted by Gasteiger charge is -2.12. The molecule has 1 heterocycles. The largest absolute Gasteiger partial charge is 0.453 e. The third-order valence-corrected chi connectivity index (χ3v) is 3.63. The summed E-state index contributed by atoms with van der Waals surface area (Å²) in [6, 6.07) is 10.0. The SMILES string of the molecule is Cc1ccc(C(=O)[C@H](C)OC(=O)CNC(=O)c2ccc(Br)o2)cc1. The summed E-state index contributed by atoms with van der Waals surface area (Å²) in [4.78, 5) is 35.7. The molecule has 0 aliphatic rings. The number of nitrogens with one attached hydrogen (secondary N) is 1. The van der Waals surface area contributed by atoms with Gasteiger partial charge in [-0.25, -0.2) is 0 Å². The highest BCUT2D eigenvalue weighted by Crippen LogP contribution is 2.13. The minimum Gasteiger partial charge on any atom is -0.453 e. The number of ketones is 1. The van der Waals surface area contributed by atoms with Crippen molar-refractivity contribution in [2.24, 2.45) is 0 Å². The van der Waals surface area contributed by atoms with Gasteiger partial charge >= 0.3 is 5.97 Å². The Hall–Kier alpha value is -2.41. The number of amides is 1. The van der Waals surface area contributed by atoms with E-state index < -0.39 is 18.0 Å². The van der Waals surface area contributed by atoms with Crippen LogP contribution < -0.4 is 5.32 Å². The summed E-state index contributed by atoms with van der Waals surface area (Å²) in [7, 11) is 0. The highest BCUT2D eigenvalue weighted by atomic mass is 79.9. The van der Waals surface area contributed by atoms with E-state index in [2.05, 4.69) is 21.2 Å². The van der Waals surface area contributed by atoms with Gasteiger partial charge in [-0.05, 0) is 41.9 Å². The maximum atomic E-state index is 12.2. The van der Waals surface area contributed by atoms with Crippen LogP contribution in [0.2, 0.25) is 0 Å². The molecule has 24 heavy (non-hydrogen) atoms. The number of rotatable bonds is 6. The van der Waals surface area contributed by atoms with Gasteiger partial charge in [-0.1, -0.05) is 29.8 Å². The number of aryl methyl sites for hydroxylation is 1. The molecule has 0 fully saturated rings. The van der Waals surface area contributed by atoms with E-state index in [0.29, 0.717) is 10.2 Å². The standard InChI is InChI=1S/C17H16BrNO5/c1-10-3-5-12(6-4-10)16(21)11(2)23-15(20)9-19-17(22)13-7-8-14(18)24-13/h3-8,11H,9H2,1-2H3,(H,19,22)/t11-/m0/s1. The lowest BCUT2D eigenvalue weighted by molar-refractivity contribution is -0.145. The first kappa shape index (κ1) is 17.9. The molecule has 1 amide bonds. The normalized spacial score (nSPS) is 11.6. The van der Waals surface area contributed by atoms with E-state index in [1.54, 1.807) is 18.2 Å². The second-order valence-electron chi connectivity index (χ2n) is 5.15. The second kappa shape index (κ2) is 7.92. The van der Waals surface area contributed by atoms with Crippen molar-refractivity contribution in [1.29, 1.82) is 0 Å². The Morgan fingerprint density at radius 3 is 2.42 bits per heavy atom. The summed E-state index contributed by atoms with van der Waals surface area (Å²) in [6.45, 7) is 3.05. The fourth-order valence-corrected chi connectivity index (χ4v) is 2.23. The maximum absolute atomic E-state index is 12.2. The lowest BCUT2D eigenvalue weighted by Crippen LogP contribution is -2.33. The summed E-state index contributed by atoms with van der Waals surface area (Å²) >= 11 is 3.08. The molecule has 0 aliphatic carbocycles. The van der Waals surface area contributed by atoms with Crippen molar-refractivity contribution >= 4 is 33.6 Å². The van der Waals surface area contributed by atoms with Crippen LogP contribution in [-0.4, -0.2) is 30.3 Å². The van der Waals surface area contributed by atoms with Crippen LogP contribution in [0, 0.1) is 6.92 Å². The smallest absolute Gasteiger partial charge is 0.326 e. The van der Waals surface area contributed by atoms with E-state index in [4.69, 9.17) is 9.15 Å². The molecule has 1 N–H and O–H groups in total. The first-order valence-electron chi connectivity index (χ1n) is 7.20. The van der Waals surface area contributed by atoms with Crippen molar-refractivity contribution in [3.05, 3.63) is 58.0 Å². The zero-order valence-electron chi connectivity index (χ0n) is 13.2. The zero-order valence-corrected chi connectivity index (χ0v) is 14.8. The molecule has 0 unspecified atom stereocenters. The molecule has 0 spiro atoms. The van der Waals surface area contributed by atoms with E-state index in [9.17, 15) is 14.4 Å². The predicted molar refractivity (Wildman–Crippen MR) is 89.8 cm³/mol. The van der Waals surface area contributed by atoms with Gasteiger partial charge in [-0.3, -0.25) is 14.4 Å². The lowest BCUT2D eigenvalue weighted by atomic mass is 10.1. The first-order valence-corrected chi connectivity index (χ1v) is 8.00. The molecular formula is C17H16BrNO5. The van der Waals surface area contributed by atoms with E-state index >= 15 is 0 Å². The summed E-state index contributed by atoms with van der Waals surface area (Å²) < 4.78 is 10.5. The van der Waals surface area contributed by atoms with Crippen LogP contribution in [0.25, 0.3) is 0 Å². The quantitative estimate of drug-likeness (QED) is 0.602. The van der Waals surface area contributed by atoms with Crippen molar-refractivity contribution in [3.63, 3.8) is 0 Å². The molecular weight excluding hydrogens is 378 g/mol. The highest BCUT2D eigenvalue weighted by molar-refractivity contribution is 9.10. The Morgan fingerprint density at radius 2 is 1.83 bits per heavy atom. The predicted octanol–water partition coefficient (Wildman–Crippen LogP) is 2.89. The molecule has 1 atom stereocenters. The molecule has 0 saturated heterocycles. The molecule has 0 radical (unpaired) electrons. The van der Waals surface area contributed by atoms with Crippen molar-refractivity contribution in [2.45, 2.75) is 20.0 Å². The first-order chi connectivity index (χ1) is 11.4. The Morgan fingerprint density at radius 1 is 1.17 bits per heavy atom. The maximum Gasteiger partial charge on any atom is 0.326 e. The van der Waals surface area contributed by atoms with E-state index in [1.165, 1.54) is 13.0 Å². The summed E-state index contributed by atoms with van der Waals surface area (Å²) in [5.41, 5.74) is 1.49. The number of halogens is 1. The van der Waals surface area contributed by atoms with Gasteiger partial charge in [0.15, 0.2) is 16.5 Å². The summed E-state index contributed by atoms with van der Waals surface area (Å²) in [6.07, 6.45) is -0.935. The number of hydrogen-bond acceptors (Lipinski definition) is 5. The van der Waals surface area contributed by atoms with Crippen LogP contribution in [0.4, 0.5) is 0 Å². The van der Waals surface area contributed by atoms with Crippen molar-refractivity contribution in [3.8, 4) is 0 Å². The van der Waals surface area contributed by atoms with E-state index in [0.717, 1.165) is 5.56 Å². The number of Topliss-reactive ketones (excluding diaryl/α,β-unsaturated/α-hetero) is 1. The Bertz CT molecular complexity index is 751. The van der Waals surface area contributed by atoms with Gasteiger partial charge < -0.3 is 14.5 Å². The monoisotopic (exact) mass is 393 g/mol. The molecule has 0 saturated carbocycles. The van der Waals surface area contributed by atoms with Crippen molar-refractivity contribution < 1.29 is 23.5 Å². The fourth-order valence-electron chi connectivity index (χ4n) is 1.92. The van der Waals surface area contributed by atoms with Crippen molar-refractivity contribution in [2.75, 3.05) is 6.54 Å². The molecule has 126 valence electrons. The second-order valence-corrected chi connectivity index (χ2v) is 5.93. The number of ether oxygens (including phenoxy) is 1. The number of esters is 1. The minimum atomic E-state index is -0.935. The van der Waals surface area contributed by atoms with Crippen LogP contribution >= 0.6 is 15.9 Å². The van der Waals surface area contributed by atoms with Gasteiger partial charge in [-0.2, -0.15) is 0 Å². The van der Waals surface area contributed by atoms with Crippen LogP contribution in [-0.2, 0) is 9.53 Å². The highest BCUT2D eigenvalue weighted by Gasteiger charge is 2.20. The minimum absolute atomic E-state index is 0.0680. The van der Waals surface area contributed by atoms with Gasteiger partial charge in [0.25, 0.3) is 5.91 Å². The van der Waals surface area contributed by atoms with Crippen LogP contribution in [0.15, 0.2) is 45.5 Å². The zero-order chi connectivity index (χ0) is 17.7.